The zero-order valence-electron chi connectivity index (χ0n) is 9.52. The van der Waals surface area contributed by atoms with Gasteiger partial charge in [0.05, 0.1) is 11.1 Å². The number of aromatic nitrogens is 1. The molecule has 2 rings (SSSR count). The third kappa shape index (κ3) is 3.52. The van der Waals surface area contributed by atoms with Crippen LogP contribution in [0, 0.1) is 14.9 Å². The van der Waals surface area contributed by atoms with Crippen molar-refractivity contribution in [1.82, 2.24) is 4.98 Å². The van der Waals surface area contributed by atoms with Gasteiger partial charge in [-0.25, -0.2) is 4.98 Å². The Kier molecular flexibility index (Phi) is 4.50. The molecule has 0 saturated carbocycles. The molecule has 94 valence electrons. The number of pyridine rings is 1. The van der Waals surface area contributed by atoms with Crippen LogP contribution in [-0.4, -0.2) is 10.9 Å². The van der Waals surface area contributed by atoms with Crippen molar-refractivity contribution in [2.75, 3.05) is 5.32 Å². The van der Waals surface area contributed by atoms with Gasteiger partial charge in [0.15, 0.2) is 0 Å². The predicted octanol–water partition coefficient (Wildman–Crippen LogP) is 3.57. The molecule has 2 aromatic rings. The van der Waals surface area contributed by atoms with E-state index in [1.807, 2.05) is 18.2 Å². The summed E-state index contributed by atoms with van der Waals surface area (Å²) in [4.78, 5) is 16.1. The number of carbonyl (C=O) groups excluding carboxylic acids is 1. The Bertz CT molecular complexity index is 665. The van der Waals surface area contributed by atoms with Gasteiger partial charge in [-0.3, -0.25) is 4.79 Å². The van der Waals surface area contributed by atoms with Gasteiger partial charge in [-0.2, -0.15) is 5.26 Å². The van der Waals surface area contributed by atoms with E-state index >= 15 is 0 Å². The average molecular weight is 428 g/mol. The fourth-order valence-electron chi connectivity index (χ4n) is 1.39. The Balaban J connectivity index is 2.21. The van der Waals surface area contributed by atoms with Gasteiger partial charge in [-0.05, 0) is 68.9 Å². The summed E-state index contributed by atoms with van der Waals surface area (Å²) in [5, 5.41) is 11.4. The molecule has 19 heavy (non-hydrogen) atoms. The highest BCUT2D eigenvalue weighted by molar-refractivity contribution is 14.1. The van der Waals surface area contributed by atoms with E-state index in [1.165, 1.54) is 6.20 Å². The van der Waals surface area contributed by atoms with Crippen LogP contribution in [0.25, 0.3) is 0 Å². The minimum Gasteiger partial charge on any atom is -0.307 e. The topological polar surface area (TPSA) is 65.8 Å². The number of benzene rings is 1. The zero-order chi connectivity index (χ0) is 13.8. The molecule has 0 atom stereocenters. The van der Waals surface area contributed by atoms with Gasteiger partial charge < -0.3 is 5.32 Å². The molecular weight excluding hydrogens is 421 g/mol. The van der Waals surface area contributed by atoms with Crippen LogP contribution in [0.2, 0.25) is 0 Å². The van der Waals surface area contributed by atoms with E-state index < -0.39 is 0 Å². The number of anilines is 1. The molecule has 1 amide bonds. The first kappa shape index (κ1) is 14.0. The second kappa shape index (κ2) is 6.12. The van der Waals surface area contributed by atoms with E-state index in [0.29, 0.717) is 16.9 Å². The molecule has 1 heterocycles. The number of amides is 1. The van der Waals surface area contributed by atoms with Crippen molar-refractivity contribution in [1.29, 1.82) is 5.26 Å². The van der Waals surface area contributed by atoms with Crippen molar-refractivity contribution in [3.05, 3.63) is 55.7 Å². The Morgan fingerprint density at radius 1 is 1.37 bits per heavy atom. The first-order valence-corrected chi connectivity index (χ1v) is 7.10. The van der Waals surface area contributed by atoms with E-state index in [1.54, 1.807) is 18.2 Å². The lowest BCUT2D eigenvalue weighted by Gasteiger charge is -2.06. The van der Waals surface area contributed by atoms with Crippen molar-refractivity contribution in [3.63, 3.8) is 0 Å². The number of hydrogen-bond donors (Lipinski definition) is 1. The quantitative estimate of drug-likeness (QED) is 0.745. The summed E-state index contributed by atoms with van der Waals surface area (Å²) in [5.74, 6) is 0.164. The van der Waals surface area contributed by atoms with Crippen LogP contribution in [0.15, 0.2) is 41.0 Å². The molecule has 0 aliphatic carbocycles. The third-order valence-electron chi connectivity index (χ3n) is 2.31. The molecule has 0 radical (unpaired) electrons. The van der Waals surface area contributed by atoms with Crippen molar-refractivity contribution in [3.8, 4) is 6.07 Å². The molecule has 0 spiro atoms. The highest BCUT2D eigenvalue weighted by atomic mass is 127. The molecule has 0 aliphatic heterocycles. The number of rotatable bonds is 2. The standard InChI is InChI=1S/C13H7BrIN3O/c14-11-3-2-9(15)5-10(11)13(19)18-12-4-1-8(6-16)7-17-12/h1-5,7H,(H,17,18,19). The van der Waals surface area contributed by atoms with Gasteiger partial charge in [-0.1, -0.05) is 0 Å². The van der Waals surface area contributed by atoms with E-state index in [2.05, 4.69) is 48.8 Å². The molecule has 0 saturated heterocycles. The molecule has 0 bridgehead atoms. The van der Waals surface area contributed by atoms with Gasteiger partial charge in [-0.15, -0.1) is 0 Å². The Morgan fingerprint density at radius 3 is 2.79 bits per heavy atom. The van der Waals surface area contributed by atoms with Gasteiger partial charge in [0, 0.05) is 14.2 Å². The minimum absolute atomic E-state index is 0.248. The van der Waals surface area contributed by atoms with E-state index in [0.717, 1.165) is 8.04 Å². The molecule has 0 unspecified atom stereocenters. The maximum absolute atomic E-state index is 12.1. The lowest BCUT2D eigenvalue weighted by atomic mass is 10.2. The van der Waals surface area contributed by atoms with Crippen LogP contribution in [0.1, 0.15) is 15.9 Å². The fourth-order valence-corrected chi connectivity index (χ4v) is 2.31. The molecular formula is C13H7BrIN3O. The van der Waals surface area contributed by atoms with Crippen LogP contribution in [0.3, 0.4) is 0 Å². The summed E-state index contributed by atoms with van der Waals surface area (Å²) in [6.07, 6.45) is 1.42. The minimum atomic E-state index is -0.248. The van der Waals surface area contributed by atoms with Gasteiger partial charge in [0.1, 0.15) is 11.9 Å². The second-order valence-corrected chi connectivity index (χ2v) is 5.72. The average Bonchev–Trinajstić information content (AvgIpc) is 2.42. The fraction of sp³-hybridized carbons (Fsp3) is 0. The van der Waals surface area contributed by atoms with Crippen LogP contribution in [0.5, 0.6) is 0 Å². The monoisotopic (exact) mass is 427 g/mol. The Labute approximate surface area is 132 Å². The number of nitrogens with zero attached hydrogens (tertiary/aromatic N) is 2. The van der Waals surface area contributed by atoms with E-state index in [9.17, 15) is 4.79 Å². The summed E-state index contributed by atoms with van der Waals surface area (Å²) < 4.78 is 1.69. The lowest BCUT2D eigenvalue weighted by Crippen LogP contribution is -2.13. The van der Waals surface area contributed by atoms with Crippen LogP contribution >= 0.6 is 38.5 Å². The van der Waals surface area contributed by atoms with E-state index in [4.69, 9.17) is 5.26 Å². The van der Waals surface area contributed by atoms with E-state index in [-0.39, 0.29) is 5.91 Å². The van der Waals surface area contributed by atoms with Crippen LogP contribution in [0.4, 0.5) is 5.82 Å². The van der Waals surface area contributed by atoms with Crippen molar-refractivity contribution in [2.24, 2.45) is 0 Å². The third-order valence-corrected chi connectivity index (χ3v) is 3.67. The van der Waals surface area contributed by atoms with Crippen LogP contribution < -0.4 is 5.32 Å². The summed E-state index contributed by atoms with van der Waals surface area (Å²) >= 11 is 5.48. The number of carbonyl (C=O) groups is 1. The number of nitrogens with one attached hydrogen (secondary N) is 1. The second-order valence-electron chi connectivity index (χ2n) is 3.62. The first-order chi connectivity index (χ1) is 9.10. The highest BCUT2D eigenvalue weighted by Crippen LogP contribution is 2.20. The molecule has 1 N–H and O–H groups in total. The SMILES string of the molecule is N#Cc1ccc(NC(=O)c2cc(I)ccc2Br)nc1. The number of hydrogen-bond acceptors (Lipinski definition) is 3. The summed E-state index contributed by atoms with van der Waals surface area (Å²) in [6.45, 7) is 0. The summed E-state index contributed by atoms with van der Waals surface area (Å²) in [7, 11) is 0. The summed E-state index contributed by atoms with van der Waals surface area (Å²) in [5.41, 5.74) is 0.992. The van der Waals surface area contributed by atoms with Crippen LogP contribution in [-0.2, 0) is 0 Å². The Morgan fingerprint density at radius 2 is 2.16 bits per heavy atom. The molecule has 1 aromatic carbocycles. The molecule has 0 aliphatic rings. The predicted molar refractivity (Wildman–Crippen MR) is 83.8 cm³/mol. The van der Waals surface area contributed by atoms with Crippen molar-refractivity contribution < 1.29 is 4.79 Å². The molecule has 1 aromatic heterocycles. The lowest BCUT2D eigenvalue weighted by molar-refractivity contribution is 0.102. The highest BCUT2D eigenvalue weighted by Gasteiger charge is 2.11. The first-order valence-electron chi connectivity index (χ1n) is 5.22. The largest absolute Gasteiger partial charge is 0.307 e. The van der Waals surface area contributed by atoms with Gasteiger partial charge in [0.25, 0.3) is 5.91 Å². The molecule has 6 heteroatoms. The molecule has 0 fully saturated rings. The summed E-state index contributed by atoms with van der Waals surface area (Å²) in [6, 6.07) is 10.7. The van der Waals surface area contributed by atoms with Gasteiger partial charge in [0.2, 0.25) is 0 Å². The maximum atomic E-state index is 12.1. The van der Waals surface area contributed by atoms with Crippen molar-refractivity contribution in [2.45, 2.75) is 0 Å². The number of nitriles is 1. The maximum Gasteiger partial charge on any atom is 0.257 e. The number of halogens is 2. The molecule has 4 nitrogen and oxygen atoms in total. The zero-order valence-corrected chi connectivity index (χ0v) is 13.3. The smallest absolute Gasteiger partial charge is 0.257 e. The van der Waals surface area contributed by atoms with Gasteiger partial charge >= 0.3 is 0 Å². The van der Waals surface area contributed by atoms with Crippen molar-refractivity contribution >= 4 is 50.2 Å². The Hall–Kier alpha value is -1.46. The normalized spacial score (nSPS) is 9.74.